The Bertz CT molecular complexity index is 1120. The van der Waals surface area contributed by atoms with E-state index in [-0.39, 0.29) is 35.4 Å². The fourth-order valence-corrected chi connectivity index (χ4v) is 4.22. The van der Waals surface area contributed by atoms with Crippen molar-refractivity contribution in [2.75, 3.05) is 49.3 Å². The fraction of sp³-hybridized carbons (Fsp3) is 0.500. The topological polar surface area (TPSA) is 113 Å². The van der Waals surface area contributed by atoms with Crippen molar-refractivity contribution >= 4 is 22.9 Å². The highest BCUT2D eigenvalue weighted by Crippen LogP contribution is 2.32. The van der Waals surface area contributed by atoms with Crippen LogP contribution in [0.2, 0.25) is 0 Å². The van der Waals surface area contributed by atoms with Gasteiger partial charge in [0.2, 0.25) is 17.8 Å². The van der Waals surface area contributed by atoms with Crippen LogP contribution in [0.5, 0.6) is 5.75 Å². The molecule has 0 aliphatic carbocycles. The number of para-hydroxylation sites is 1. The number of fused-ring (bicyclic) bond motifs is 1. The first kappa shape index (κ1) is 20.8. The van der Waals surface area contributed by atoms with Crippen molar-refractivity contribution in [2.45, 2.75) is 25.3 Å². The van der Waals surface area contributed by atoms with E-state index in [2.05, 4.69) is 19.9 Å². The molecule has 0 bridgehead atoms. The van der Waals surface area contributed by atoms with Crippen LogP contribution in [-0.4, -0.2) is 80.2 Å². The molecule has 2 aliphatic heterocycles. The van der Waals surface area contributed by atoms with Crippen LogP contribution >= 0.6 is 0 Å². The summed E-state index contributed by atoms with van der Waals surface area (Å²) in [5, 5.41) is 19.9. The molecule has 5 rings (SSSR count). The fourth-order valence-electron chi connectivity index (χ4n) is 4.22. The quantitative estimate of drug-likeness (QED) is 0.603. The van der Waals surface area contributed by atoms with Crippen molar-refractivity contribution in [3.8, 4) is 11.7 Å². The zero-order valence-corrected chi connectivity index (χ0v) is 17.2. The molecule has 0 amide bonds. The lowest BCUT2D eigenvalue weighted by molar-refractivity contribution is 0.122. The Morgan fingerprint density at radius 3 is 2.53 bits per heavy atom. The third-order valence-corrected chi connectivity index (χ3v) is 5.82. The SMILES string of the molecule is OCC1CCCN1c1nc(N2CCOCC2)nc(-n2c(C(F)F)nc3c(O)cccc32)n1. The van der Waals surface area contributed by atoms with E-state index < -0.39 is 12.2 Å². The van der Waals surface area contributed by atoms with Crippen LogP contribution in [0.4, 0.5) is 20.7 Å². The molecule has 1 aromatic carbocycles. The van der Waals surface area contributed by atoms with Crippen molar-refractivity contribution < 1.29 is 23.7 Å². The number of benzene rings is 1. The number of aliphatic hydroxyl groups excluding tert-OH is 1. The number of aliphatic hydroxyl groups is 1. The molecule has 0 spiro atoms. The minimum absolute atomic E-state index is 0.0107. The zero-order chi connectivity index (χ0) is 22.2. The molecule has 0 saturated carbocycles. The summed E-state index contributed by atoms with van der Waals surface area (Å²) in [4.78, 5) is 21.4. The monoisotopic (exact) mass is 447 g/mol. The number of halogens is 2. The van der Waals surface area contributed by atoms with Gasteiger partial charge in [0.05, 0.1) is 31.4 Å². The predicted octanol–water partition coefficient (Wildman–Crippen LogP) is 1.65. The largest absolute Gasteiger partial charge is 0.506 e. The zero-order valence-electron chi connectivity index (χ0n) is 17.2. The Balaban J connectivity index is 1.71. The van der Waals surface area contributed by atoms with Crippen molar-refractivity contribution in [2.24, 2.45) is 0 Å². The number of aromatic nitrogens is 5. The summed E-state index contributed by atoms with van der Waals surface area (Å²) < 4.78 is 34.5. The van der Waals surface area contributed by atoms with Gasteiger partial charge in [0.25, 0.3) is 6.43 Å². The van der Waals surface area contributed by atoms with Crippen molar-refractivity contribution in [1.29, 1.82) is 0 Å². The third kappa shape index (κ3) is 3.58. The van der Waals surface area contributed by atoms with Crippen LogP contribution in [-0.2, 0) is 4.74 Å². The number of nitrogens with zero attached hydrogens (tertiary/aromatic N) is 7. The smallest absolute Gasteiger partial charge is 0.296 e. The number of rotatable bonds is 5. The van der Waals surface area contributed by atoms with E-state index >= 15 is 0 Å². The van der Waals surface area contributed by atoms with E-state index in [1.807, 2.05) is 9.80 Å². The molecule has 10 nitrogen and oxygen atoms in total. The number of anilines is 2. The van der Waals surface area contributed by atoms with Gasteiger partial charge in [0.1, 0.15) is 11.3 Å². The number of morpholine rings is 1. The molecule has 170 valence electrons. The molecular weight excluding hydrogens is 424 g/mol. The van der Waals surface area contributed by atoms with E-state index in [9.17, 15) is 19.0 Å². The van der Waals surface area contributed by atoms with Crippen LogP contribution in [0.15, 0.2) is 18.2 Å². The van der Waals surface area contributed by atoms with Crippen LogP contribution < -0.4 is 9.80 Å². The average molecular weight is 447 g/mol. The van der Waals surface area contributed by atoms with Gasteiger partial charge in [-0.15, -0.1) is 0 Å². The Labute approximate surface area is 182 Å². The van der Waals surface area contributed by atoms with Gasteiger partial charge in [0.15, 0.2) is 5.82 Å². The Kier molecular flexibility index (Phi) is 5.47. The standard InChI is InChI=1S/C20H23F2N7O3/c21-16(22)17-23-15-13(4-1-5-14(15)31)29(17)20-25-18(27-7-9-32-10-8-27)24-19(26-20)28-6-2-3-12(28)11-30/h1,4-5,12,16,30-31H,2-3,6-11H2. The number of ether oxygens (including phenoxy) is 1. The third-order valence-electron chi connectivity index (χ3n) is 5.82. The first-order chi connectivity index (χ1) is 15.6. The first-order valence-electron chi connectivity index (χ1n) is 10.5. The maximum absolute atomic E-state index is 13.9. The average Bonchev–Trinajstić information content (AvgIpc) is 3.45. The van der Waals surface area contributed by atoms with Crippen LogP contribution in [0.3, 0.4) is 0 Å². The lowest BCUT2D eigenvalue weighted by Crippen LogP contribution is -2.39. The Morgan fingerprint density at radius 1 is 1.03 bits per heavy atom. The summed E-state index contributed by atoms with van der Waals surface area (Å²) >= 11 is 0. The number of aromatic hydroxyl groups is 1. The highest BCUT2D eigenvalue weighted by molar-refractivity contribution is 5.83. The van der Waals surface area contributed by atoms with E-state index in [1.165, 1.54) is 10.6 Å². The van der Waals surface area contributed by atoms with E-state index in [4.69, 9.17) is 4.74 Å². The second kappa shape index (κ2) is 8.43. The molecular formula is C20H23F2N7O3. The Morgan fingerprint density at radius 2 is 1.78 bits per heavy atom. The summed E-state index contributed by atoms with van der Waals surface area (Å²) in [6, 6.07) is 4.38. The predicted molar refractivity (Wildman–Crippen MR) is 112 cm³/mol. The maximum atomic E-state index is 13.9. The number of alkyl halides is 2. The molecule has 2 saturated heterocycles. The van der Waals surface area contributed by atoms with Gasteiger partial charge in [-0.25, -0.2) is 13.8 Å². The van der Waals surface area contributed by atoms with Crippen molar-refractivity contribution in [3.05, 3.63) is 24.0 Å². The first-order valence-corrected chi connectivity index (χ1v) is 10.5. The van der Waals surface area contributed by atoms with Crippen molar-refractivity contribution in [3.63, 3.8) is 0 Å². The molecule has 0 radical (unpaired) electrons. The van der Waals surface area contributed by atoms with Gasteiger partial charge in [-0.05, 0) is 25.0 Å². The number of phenols is 1. The summed E-state index contributed by atoms with van der Waals surface area (Å²) in [6.45, 7) is 2.70. The minimum atomic E-state index is -2.91. The molecule has 2 aliphatic rings. The summed E-state index contributed by atoms with van der Waals surface area (Å²) in [5.74, 6) is -0.115. The molecule has 32 heavy (non-hydrogen) atoms. The number of hydrogen-bond acceptors (Lipinski definition) is 9. The maximum Gasteiger partial charge on any atom is 0.296 e. The number of imidazole rings is 1. The molecule has 2 fully saturated rings. The Hall–Kier alpha value is -3.12. The number of hydrogen-bond donors (Lipinski definition) is 2. The van der Waals surface area contributed by atoms with Crippen LogP contribution in [0.1, 0.15) is 25.1 Å². The summed E-state index contributed by atoms with van der Waals surface area (Å²) in [6.07, 6.45) is -1.26. The second-order valence-electron chi connectivity index (χ2n) is 7.76. The molecule has 2 aromatic heterocycles. The van der Waals surface area contributed by atoms with Gasteiger partial charge in [-0.1, -0.05) is 6.07 Å². The molecule has 3 aromatic rings. The lowest BCUT2D eigenvalue weighted by atomic mass is 10.2. The van der Waals surface area contributed by atoms with Gasteiger partial charge in [-0.3, -0.25) is 4.57 Å². The van der Waals surface area contributed by atoms with Crippen LogP contribution in [0, 0.1) is 0 Å². The number of phenolic OH excluding ortho intramolecular Hbond substituents is 1. The van der Waals surface area contributed by atoms with E-state index in [1.54, 1.807) is 12.1 Å². The molecule has 1 atom stereocenters. The van der Waals surface area contributed by atoms with Gasteiger partial charge in [-0.2, -0.15) is 15.0 Å². The van der Waals surface area contributed by atoms with E-state index in [0.717, 1.165) is 12.8 Å². The normalized spacial score (nSPS) is 19.4. The highest BCUT2D eigenvalue weighted by Gasteiger charge is 2.30. The van der Waals surface area contributed by atoms with Gasteiger partial charge < -0.3 is 24.7 Å². The van der Waals surface area contributed by atoms with Crippen molar-refractivity contribution in [1.82, 2.24) is 24.5 Å². The summed E-state index contributed by atoms with van der Waals surface area (Å²) in [7, 11) is 0. The molecule has 2 N–H and O–H groups in total. The minimum Gasteiger partial charge on any atom is -0.506 e. The molecule has 4 heterocycles. The molecule has 1 unspecified atom stereocenters. The lowest BCUT2D eigenvalue weighted by Gasteiger charge is -2.29. The highest BCUT2D eigenvalue weighted by atomic mass is 19.3. The second-order valence-corrected chi connectivity index (χ2v) is 7.76. The molecule has 12 heteroatoms. The summed E-state index contributed by atoms with van der Waals surface area (Å²) in [5.41, 5.74) is 0.317. The van der Waals surface area contributed by atoms with E-state index in [0.29, 0.717) is 44.7 Å². The van der Waals surface area contributed by atoms with Crippen LogP contribution in [0.25, 0.3) is 17.0 Å². The van der Waals surface area contributed by atoms with Gasteiger partial charge in [0, 0.05) is 19.6 Å². The van der Waals surface area contributed by atoms with Gasteiger partial charge >= 0.3 is 0 Å².